The predicted octanol–water partition coefficient (Wildman–Crippen LogP) is 1.69. The van der Waals surface area contributed by atoms with Crippen molar-refractivity contribution in [3.63, 3.8) is 0 Å². The molecule has 0 atom stereocenters. The van der Waals surface area contributed by atoms with Crippen LogP contribution in [0.1, 0.15) is 28.4 Å². The predicted molar refractivity (Wildman–Crippen MR) is 63.5 cm³/mol. The quantitative estimate of drug-likeness (QED) is 0.768. The number of carbonyl (C=O) groups is 2. The van der Waals surface area contributed by atoms with Gasteiger partial charge in [-0.3, -0.25) is 10.2 Å². The summed E-state index contributed by atoms with van der Waals surface area (Å²) in [7, 11) is 0. The number of hydrogen-bond donors (Lipinski definition) is 2. The normalized spacial score (nSPS) is 9.59. The van der Waals surface area contributed by atoms with E-state index in [-0.39, 0.29) is 12.5 Å². The van der Waals surface area contributed by atoms with E-state index in [4.69, 9.17) is 0 Å². The standard InChI is InChI=1S/C12H16N2O3/c1-4-17-12(16)14-13-11(15)10-6-5-8(2)7-9(10)3/h5-7H,4H2,1-3H3,(H,13,15)(H,14,16). The zero-order chi connectivity index (χ0) is 12.8. The van der Waals surface area contributed by atoms with Gasteiger partial charge in [0.1, 0.15) is 0 Å². The second-order valence-corrected chi connectivity index (χ2v) is 3.62. The highest BCUT2D eigenvalue weighted by Gasteiger charge is 2.09. The zero-order valence-electron chi connectivity index (χ0n) is 10.2. The molecule has 17 heavy (non-hydrogen) atoms. The van der Waals surface area contributed by atoms with Crippen LogP contribution >= 0.6 is 0 Å². The number of hydrazine groups is 1. The van der Waals surface area contributed by atoms with Crippen molar-refractivity contribution in [1.29, 1.82) is 0 Å². The van der Waals surface area contributed by atoms with Gasteiger partial charge < -0.3 is 4.74 Å². The van der Waals surface area contributed by atoms with Crippen molar-refractivity contribution in [1.82, 2.24) is 10.9 Å². The summed E-state index contributed by atoms with van der Waals surface area (Å²) in [6.45, 7) is 5.73. The maximum Gasteiger partial charge on any atom is 0.426 e. The largest absolute Gasteiger partial charge is 0.449 e. The van der Waals surface area contributed by atoms with E-state index in [2.05, 4.69) is 15.6 Å². The summed E-state index contributed by atoms with van der Waals surface area (Å²) >= 11 is 0. The molecule has 0 radical (unpaired) electrons. The molecule has 1 aromatic carbocycles. The van der Waals surface area contributed by atoms with Crippen molar-refractivity contribution in [3.8, 4) is 0 Å². The highest BCUT2D eigenvalue weighted by molar-refractivity contribution is 5.96. The number of aryl methyl sites for hydroxylation is 2. The number of benzene rings is 1. The molecular formula is C12H16N2O3. The molecule has 0 saturated heterocycles. The van der Waals surface area contributed by atoms with Crippen LogP contribution in [-0.4, -0.2) is 18.6 Å². The van der Waals surface area contributed by atoms with Crippen molar-refractivity contribution >= 4 is 12.0 Å². The fourth-order valence-corrected chi connectivity index (χ4v) is 1.41. The average Bonchev–Trinajstić information content (AvgIpc) is 2.26. The fraction of sp³-hybridized carbons (Fsp3) is 0.333. The first-order valence-corrected chi connectivity index (χ1v) is 5.35. The van der Waals surface area contributed by atoms with Crippen LogP contribution < -0.4 is 10.9 Å². The molecule has 1 rings (SSSR count). The molecule has 0 aromatic heterocycles. The summed E-state index contributed by atoms with van der Waals surface area (Å²) in [4.78, 5) is 22.7. The molecule has 0 saturated carbocycles. The summed E-state index contributed by atoms with van der Waals surface area (Å²) < 4.78 is 4.61. The maximum atomic E-state index is 11.7. The van der Waals surface area contributed by atoms with Crippen molar-refractivity contribution in [2.24, 2.45) is 0 Å². The number of carbonyl (C=O) groups excluding carboxylic acids is 2. The third kappa shape index (κ3) is 3.79. The van der Waals surface area contributed by atoms with Crippen LogP contribution in [0.3, 0.4) is 0 Å². The summed E-state index contributed by atoms with van der Waals surface area (Å²) in [6.07, 6.45) is -0.675. The zero-order valence-corrected chi connectivity index (χ0v) is 10.2. The van der Waals surface area contributed by atoms with Gasteiger partial charge in [-0.05, 0) is 32.4 Å². The molecule has 5 heteroatoms. The van der Waals surface area contributed by atoms with E-state index in [1.165, 1.54) is 0 Å². The summed E-state index contributed by atoms with van der Waals surface area (Å²) in [5, 5.41) is 0. The van der Waals surface area contributed by atoms with Crippen LogP contribution in [0.4, 0.5) is 4.79 Å². The summed E-state index contributed by atoms with van der Waals surface area (Å²) in [5.41, 5.74) is 6.90. The minimum Gasteiger partial charge on any atom is -0.449 e. The molecule has 92 valence electrons. The Morgan fingerprint density at radius 3 is 2.53 bits per heavy atom. The third-order valence-corrected chi connectivity index (χ3v) is 2.18. The van der Waals surface area contributed by atoms with Crippen molar-refractivity contribution in [2.45, 2.75) is 20.8 Å². The van der Waals surface area contributed by atoms with Gasteiger partial charge in [0, 0.05) is 5.56 Å². The van der Waals surface area contributed by atoms with E-state index >= 15 is 0 Å². The van der Waals surface area contributed by atoms with Gasteiger partial charge in [0.25, 0.3) is 5.91 Å². The Labute approximate surface area is 100 Å². The van der Waals surface area contributed by atoms with E-state index < -0.39 is 6.09 Å². The van der Waals surface area contributed by atoms with E-state index in [0.717, 1.165) is 11.1 Å². The smallest absolute Gasteiger partial charge is 0.426 e. The number of amides is 2. The summed E-state index contributed by atoms with van der Waals surface area (Å²) in [6, 6.07) is 5.46. The Morgan fingerprint density at radius 1 is 1.24 bits per heavy atom. The molecule has 0 unspecified atom stereocenters. The number of rotatable bonds is 2. The minimum atomic E-state index is -0.675. The molecule has 0 bridgehead atoms. The van der Waals surface area contributed by atoms with Crippen molar-refractivity contribution in [3.05, 3.63) is 34.9 Å². The maximum absolute atomic E-state index is 11.7. The highest BCUT2D eigenvalue weighted by Crippen LogP contribution is 2.09. The Kier molecular flexibility index (Phi) is 4.51. The molecule has 2 amide bonds. The van der Waals surface area contributed by atoms with Gasteiger partial charge in [-0.15, -0.1) is 0 Å². The lowest BCUT2D eigenvalue weighted by Crippen LogP contribution is -2.42. The van der Waals surface area contributed by atoms with Gasteiger partial charge in [0.05, 0.1) is 6.61 Å². The Bertz CT molecular complexity index is 430. The van der Waals surface area contributed by atoms with E-state index in [1.807, 2.05) is 26.0 Å². The molecule has 0 heterocycles. The van der Waals surface area contributed by atoms with E-state index in [9.17, 15) is 9.59 Å². The first-order chi connectivity index (χ1) is 8.04. The van der Waals surface area contributed by atoms with Crippen LogP contribution in [0.25, 0.3) is 0 Å². The lowest BCUT2D eigenvalue weighted by atomic mass is 10.1. The molecule has 5 nitrogen and oxygen atoms in total. The van der Waals surface area contributed by atoms with E-state index in [1.54, 1.807) is 13.0 Å². The average molecular weight is 236 g/mol. The highest BCUT2D eigenvalue weighted by atomic mass is 16.5. The number of nitrogens with one attached hydrogen (secondary N) is 2. The second kappa shape index (κ2) is 5.89. The van der Waals surface area contributed by atoms with E-state index in [0.29, 0.717) is 5.56 Å². The van der Waals surface area contributed by atoms with Gasteiger partial charge in [-0.25, -0.2) is 10.2 Å². The van der Waals surface area contributed by atoms with Gasteiger partial charge in [-0.2, -0.15) is 0 Å². The Morgan fingerprint density at radius 2 is 1.94 bits per heavy atom. The third-order valence-electron chi connectivity index (χ3n) is 2.18. The molecular weight excluding hydrogens is 220 g/mol. The number of hydrogen-bond acceptors (Lipinski definition) is 3. The fourth-order valence-electron chi connectivity index (χ4n) is 1.41. The van der Waals surface area contributed by atoms with Crippen molar-refractivity contribution < 1.29 is 14.3 Å². The first-order valence-electron chi connectivity index (χ1n) is 5.35. The molecule has 0 spiro atoms. The van der Waals surface area contributed by atoms with Crippen LogP contribution in [0.2, 0.25) is 0 Å². The second-order valence-electron chi connectivity index (χ2n) is 3.62. The molecule has 0 aliphatic heterocycles. The molecule has 0 aliphatic carbocycles. The van der Waals surface area contributed by atoms with Gasteiger partial charge in [0.2, 0.25) is 0 Å². The number of ether oxygens (including phenoxy) is 1. The van der Waals surface area contributed by atoms with Crippen LogP contribution in [0.15, 0.2) is 18.2 Å². The lowest BCUT2D eigenvalue weighted by Gasteiger charge is -2.09. The Hall–Kier alpha value is -2.04. The monoisotopic (exact) mass is 236 g/mol. The minimum absolute atomic E-state index is 0.255. The topological polar surface area (TPSA) is 67.4 Å². The lowest BCUT2D eigenvalue weighted by molar-refractivity contribution is 0.0912. The molecule has 0 fully saturated rings. The molecule has 0 aliphatic rings. The SMILES string of the molecule is CCOC(=O)NNC(=O)c1ccc(C)cc1C. The van der Waals surface area contributed by atoms with Crippen LogP contribution in [0.5, 0.6) is 0 Å². The van der Waals surface area contributed by atoms with Crippen molar-refractivity contribution in [2.75, 3.05) is 6.61 Å². The summed E-state index contributed by atoms with van der Waals surface area (Å²) in [5.74, 6) is -0.365. The van der Waals surface area contributed by atoms with Gasteiger partial charge in [-0.1, -0.05) is 17.7 Å². The Balaban J connectivity index is 2.61. The molecule has 1 aromatic rings. The first kappa shape index (κ1) is 13.0. The molecule has 2 N–H and O–H groups in total. The van der Waals surface area contributed by atoms with Crippen LogP contribution in [-0.2, 0) is 4.74 Å². The van der Waals surface area contributed by atoms with Gasteiger partial charge in [0.15, 0.2) is 0 Å². The van der Waals surface area contributed by atoms with Crippen LogP contribution in [0, 0.1) is 13.8 Å². The van der Waals surface area contributed by atoms with Gasteiger partial charge >= 0.3 is 6.09 Å².